The Balaban J connectivity index is 0.00000338. The van der Waals surface area contributed by atoms with Gasteiger partial charge in [-0.2, -0.15) is 0 Å². The Morgan fingerprint density at radius 2 is 1.92 bits per heavy atom. The molecule has 7 heteroatoms. The quantitative estimate of drug-likeness (QED) is 0.617. The Morgan fingerprint density at radius 3 is 2.62 bits per heavy atom. The lowest BCUT2D eigenvalue weighted by atomic mass is 10.1. The zero-order valence-corrected chi connectivity index (χ0v) is 15.4. The number of methoxy groups -OCH3 is 1. The minimum atomic E-state index is -0.848. The largest absolute Gasteiger partial charge is 0.489 e. The highest BCUT2D eigenvalue weighted by Gasteiger charge is 2.15. The molecule has 0 aromatic heterocycles. The second-order valence-corrected chi connectivity index (χ2v) is 5.67. The van der Waals surface area contributed by atoms with Gasteiger partial charge >= 0.3 is 0 Å². The van der Waals surface area contributed by atoms with Crippen LogP contribution in [0.3, 0.4) is 0 Å². The van der Waals surface area contributed by atoms with Crippen LogP contribution in [0, 0.1) is 0 Å². The maximum atomic E-state index is 11.7. The van der Waals surface area contributed by atoms with E-state index in [1.807, 2.05) is 36.4 Å². The zero-order valence-electron chi connectivity index (χ0n) is 14.6. The van der Waals surface area contributed by atoms with Crippen molar-refractivity contribution in [1.82, 2.24) is 5.32 Å². The summed E-state index contributed by atoms with van der Waals surface area (Å²) in [5.41, 5.74) is 7.35. The minimum absolute atomic E-state index is 0. The predicted molar refractivity (Wildman–Crippen MR) is 102 cm³/mol. The molecule has 0 saturated carbocycles. The van der Waals surface area contributed by atoms with E-state index in [1.54, 1.807) is 18.2 Å². The van der Waals surface area contributed by atoms with Crippen LogP contribution in [0.25, 0.3) is 0 Å². The number of rotatable bonds is 9. The van der Waals surface area contributed by atoms with Crippen LogP contribution in [0.5, 0.6) is 5.75 Å². The standard InChI is InChI=1S/C19H24N2O4.ClH/c1-24-13-17(20)19(23)21-11-18(22)15-8-5-9-16(10-15)25-12-14-6-3-2-4-7-14;/h2-10,17-18,22H,11-13,20H2,1H3,(H,21,23);1H. The molecule has 0 aliphatic carbocycles. The van der Waals surface area contributed by atoms with Gasteiger partial charge in [0.2, 0.25) is 5.91 Å². The normalized spacial score (nSPS) is 12.6. The third-order valence-electron chi connectivity index (χ3n) is 3.64. The Morgan fingerprint density at radius 1 is 1.19 bits per heavy atom. The third kappa shape index (κ3) is 7.01. The smallest absolute Gasteiger partial charge is 0.239 e. The average Bonchev–Trinajstić information content (AvgIpc) is 2.65. The molecule has 0 spiro atoms. The summed E-state index contributed by atoms with van der Waals surface area (Å²) in [5, 5.41) is 12.9. The van der Waals surface area contributed by atoms with Crippen molar-refractivity contribution >= 4 is 18.3 Å². The summed E-state index contributed by atoms with van der Waals surface area (Å²) in [6.45, 7) is 0.645. The fourth-order valence-corrected chi connectivity index (χ4v) is 2.25. The molecule has 1 amide bonds. The van der Waals surface area contributed by atoms with E-state index in [4.69, 9.17) is 15.2 Å². The Bertz CT molecular complexity index is 670. The molecular weight excluding hydrogens is 356 g/mol. The van der Waals surface area contributed by atoms with E-state index in [1.165, 1.54) is 7.11 Å². The molecule has 0 heterocycles. The number of aliphatic hydroxyl groups is 1. The average molecular weight is 381 g/mol. The Hall–Kier alpha value is -2.12. The molecule has 0 bridgehead atoms. The lowest BCUT2D eigenvalue weighted by molar-refractivity contribution is -0.123. The molecule has 142 valence electrons. The first-order valence-corrected chi connectivity index (χ1v) is 8.07. The molecule has 2 rings (SSSR count). The molecule has 0 saturated heterocycles. The number of nitrogens with two attached hydrogens (primary N) is 1. The number of hydrogen-bond donors (Lipinski definition) is 3. The fourth-order valence-electron chi connectivity index (χ4n) is 2.25. The van der Waals surface area contributed by atoms with Crippen LogP contribution in [0.2, 0.25) is 0 Å². The van der Waals surface area contributed by atoms with Crippen molar-refractivity contribution in [3.05, 3.63) is 65.7 Å². The third-order valence-corrected chi connectivity index (χ3v) is 3.64. The molecule has 4 N–H and O–H groups in total. The van der Waals surface area contributed by atoms with Gasteiger partial charge in [-0.05, 0) is 23.3 Å². The zero-order chi connectivity index (χ0) is 18.1. The first kappa shape index (κ1) is 21.9. The van der Waals surface area contributed by atoms with E-state index in [0.29, 0.717) is 17.9 Å². The van der Waals surface area contributed by atoms with Crippen molar-refractivity contribution < 1.29 is 19.4 Å². The lowest BCUT2D eigenvalue weighted by Crippen LogP contribution is -2.44. The number of aliphatic hydroxyl groups excluding tert-OH is 1. The molecule has 0 aliphatic rings. The minimum Gasteiger partial charge on any atom is -0.489 e. The SMILES string of the molecule is COCC(N)C(=O)NCC(O)c1cccc(OCc2ccccc2)c1.Cl. The molecule has 0 fully saturated rings. The molecule has 6 nitrogen and oxygen atoms in total. The van der Waals surface area contributed by atoms with Crippen LogP contribution < -0.4 is 15.8 Å². The Kier molecular flexibility index (Phi) is 9.69. The molecule has 2 atom stereocenters. The molecule has 0 radical (unpaired) electrons. The topological polar surface area (TPSA) is 93.8 Å². The van der Waals surface area contributed by atoms with Gasteiger partial charge in [-0.1, -0.05) is 42.5 Å². The number of amides is 1. The van der Waals surface area contributed by atoms with E-state index >= 15 is 0 Å². The van der Waals surface area contributed by atoms with Crippen LogP contribution >= 0.6 is 12.4 Å². The fraction of sp³-hybridized carbons (Fsp3) is 0.316. The molecule has 2 aromatic carbocycles. The highest BCUT2D eigenvalue weighted by molar-refractivity contribution is 5.85. The first-order valence-electron chi connectivity index (χ1n) is 8.07. The lowest BCUT2D eigenvalue weighted by Gasteiger charge is -2.16. The van der Waals surface area contributed by atoms with Gasteiger partial charge in [0.1, 0.15) is 18.4 Å². The van der Waals surface area contributed by atoms with Gasteiger partial charge in [0, 0.05) is 13.7 Å². The second kappa shape index (κ2) is 11.5. The number of carbonyl (C=O) groups excluding carboxylic acids is 1. The summed E-state index contributed by atoms with van der Waals surface area (Å²) in [5.74, 6) is 0.292. The monoisotopic (exact) mass is 380 g/mol. The summed E-state index contributed by atoms with van der Waals surface area (Å²) < 4.78 is 10.6. The maximum absolute atomic E-state index is 11.7. The number of ether oxygens (including phenoxy) is 2. The molecule has 0 aliphatic heterocycles. The van der Waals surface area contributed by atoms with E-state index in [2.05, 4.69) is 5.32 Å². The van der Waals surface area contributed by atoms with Crippen molar-refractivity contribution in [1.29, 1.82) is 0 Å². The van der Waals surface area contributed by atoms with Crippen molar-refractivity contribution in [2.75, 3.05) is 20.3 Å². The summed E-state index contributed by atoms with van der Waals surface area (Å²) in [7, 11) is 1.48. The van der Waals surface area contributed by atoms with Gasteiger partial charge in [-0.3, -0.25) is 4.79 Å². The molecular formula is C19H25ClN2O4. The molecule has 2 aromatic rings. The van der Waals surface area contributed by atoms with Crippen LogP contribution in [0.4, 0.5) is 0 Å². The van der Waals surface area contributed by atoms with Crippen LogP contribution in [0.15, 0.2) is 54.6 Å². The number of halogens is 1. The van der Waals surface area contributed by atoms with Gasteiger partial charge in [0.15, 0.2) is 0 Å². The number of carbonyl (C=O) groups is 1. The van der Waals surface area contributed by atoms with E-state index in [-0.39, 0.29) is 31.5 Å². The van der Waals surface area contributed by atoms with Gasteiger partial charge in [0.25, 0.3) is 0 Å². The van der Waals surface area contributed by atoms with E-state index < -0.39 is 12.1 Å². The Labute approximate surface area is 159 Å². The highest BCUT2D eigenvalue weighted by Crippen LogP contribution is 2.20. The van der Waals surface area contributed by atoms with Gasteiger partial charge < -0.3 is 25.6 Å². The summed E-state index contributed by atoms with van der Waals surface area (Å²) in [6, 6.07) is 16.2. The van der Waals surface area contributed by atoms with Crippen molar-refractivity contribution in [3.63, 3.8) is 0 Å². The number of hydrogen-bond acceptors (Lipinski definition) is 5. The predicted octanol–water partition coefficient (Wildman–Crippen LogP) is 1.81. The summed E-state index contributed by atoms with van der Waals surface area (Å²) >= 11 is 0. The number of benzene rings is 2. The maximum Gasteiger partial charge on any atom is 0.239 e. The first-order chi connectivity index (χ1) is 12.1. The summed E-state index contributed by atoms with van der Waals surface area (Å²) in [6.07, 6.45) is -0.848. The van der Waals surface area contributed by atoms with Crippen LogP contribution in [0.1, 0.15) is 17.2 Å². The highest BCUT2D eigenvalue weighted by atomic mass is 35.5. The second-order valence-electron chi connectivity index (χ2n) is 5.67. The summed E-state index contributed by atoms with van der Waals surface area (Å²) in [4.78, 5) is 11.7. The van der Waals surface area contributed by atoms with Crippen LogP contribution in [-0.4, -0.2) is 37.3 Å². The van der Waals surface area contributed by atoms with Crippen molar-refractivity contribution in [3.8, 4) is 5.75 Å². The van der Waals surface area contributed by atoms with E-state index in [9.17, 15) is 9.90 Å². The van der Waals surface area contributed by atoms with Crippen molar-refractivity contribution in [2.45, 2.75) is 18.8 Å². The molecule has 2 unspecified atom stereocenters. The van der Waals surface area contributed by atoms with Crippen molar-refractivity contribution in [2.24, 2.45) is 5.73 Å². The van der Waals surface area contributed by atoms with Gasteiger partial charge in [-0.15, -0.1) is 12.4 Å². The van der Waals surface area contributed by atoms with Gasteiger partial charge in [-0.25, -0.2) is 0 Å². The van der Waals surface area contributed by atoms with Crippen LogP contribution in [-0.2, 0) is 16.1 Å². The molecule has 26 heavy (non-hydrogen) atoms. The van der Waals surface area contributed by atoms with E-state index in [0.717, 1.165) is 5.56 Å². The van der Waals surface area contributed by atoms with Gasteiger partial charge in [0.05, 0.1) is 12.7 Å². The number of nitrogens with one attached hydrogen (secondary N) is 1.